The van der Waals surface area contributed by atoms with E-state index in [2.05, 4.69) is 0 Å². The van der Waals surface area contributed by atoms with Gasteiger partial charge in [0.15, 0.2) is 0 Å². The van der Waals surface area contributed by atoms with Crippen molar-refractivity contribution >= 4 is 11.6 Å². The van der Waals surface area contributed by atoms with Crippen LogP contribution in [-0.2, 0) is 12.8 Å². The molecule has 0 aliphatic heterocycles. The Bertz CT molecular complexity index is 675. The maximum atomic E-state index is 12.4. The summed E-state index contributed by atoms with van der Waals surface area (Å²) in [4.78, 5) is 0. The summed E-state index contributed by atoms with van der Waals surface area (Å²) in [6.45, 7) is 0.107. The van der Waals surface area contributed by atoms with Crippen LogP contribution in [-0.4, -0.2) is 0 Å². The Hall–Kier alpha value is -2.19. The zero-order valence-electron chi connectivity index (χ0n) is 10.6. The number of nitriles is 1. The van der Waals surface area contributed by atoms with Crippen LogP contribution in [0.2, 0.25) is 5.02 Å². The quantitative estimate of drug-likeness (QED) is 0.815. The van der Waals surface area contributed by atoms with E-state index < -0.39 is 11.7 Å². The summed E-state index contributed by atoms with van der Waals surface area (Å²) >= 11 is 5.98. The molecule has 0 saturated carbocycles. The van der Waals surface area contributed by atoms with Crippen molar-refractivity contribution in [3.8, 4) is 11.8 Å². The highest BCUT2D eigenvalue weighted by atomic mass is 35.5. The largest absolute Gasteiger partial charge is 0.489 e. The van der Waals surface area contributed by atoms with Gasteiger partial charge >= 0.3 is 6.18 Å². The van der Waals surface area contributed by atoms with Crippen LogP contribution >= 0.6 is 11.6 Å². The third-order valence-corrected chi connectivity index (χ3v) is 3.11. The van der Waals surface area contributed by atoms with E-state index in [1.165, 1.54) is 18.2 Å². The maximum absolute atomic E-state index is 12.4. The summed E-state index contributed by atoms with van der Waals surface area (Å²) in [5.74, 6) is 0.309. The predicted octanol–water partition coefficient (Wildman–Crippen LogP) is 4.81. The molecule has 2 aromatic rings. The number of rotatable bonds is 3. The third-order valence-electron chi connectivity index (χ3n) is 2.76. The third kappa shape index (κ3) is 3.89. The van der Waals surface area contributed by atoms with Gasteiger partial charge in [0.1, 0.15) is 12.4 Å². The van der Waals surface area contributed by atoms with Gasteiger partial charge in [0.25, 0.3) is 0 Å². The van der Waals surface area contributed by atoms with Crippen LogP contribution in [0.15, 0.2) is 42.5 Å². The van der Waals surface area contributed by atoms with Gasteiger partial charge in [0.2, 0.25) is 0 Å². The molecule has 0 aliphatic rings. The molecule has 2 aromatic carbocycles. The average molecular weight is 312 g/mol. The van der Waals surface area contributed by atoms with Crippen molar-refractivity contribution in [3.05, 3.63) is 64.2 Å². The molecule has 0 saturated heterocycles. The molecular formula is C15H9ClF3NO. The van der Waals surface area contributed by atoms with Gasteiger partial charge in [-0.15, -0.1) is 0 Å². The average Bonchev–Trinajstić information content (AvgIpc) is 2.45. The Balaban J connectivity index is 2.05. The normalized spacial score (nSPS) is 11.0. The number of hydrogen-bond acceptors (Lipinski definition) is 2. The number of benzene rings is 2. The van der Waals surface area contributed by atoms with Crippen LogP contribution in [0.5, 0.6) is 5.75 Å². The fraction of sp³-hybridized carbons (Fsp3) is 0.133. The van der Waals surface area contributed by atoms with Gasteiger partial charge in [-0.3, -0.25) is 0 Å². The summed E-state index contributed by atoms with van der Waals surface area (Å²) < 4.78 is 42.6. The molecule has 0 amide bonds. The molecule has 2 rings (SSSR count). The molecule has 0 N–H and O–H groups in total. The second kappa shape index (κ2) is 6.06. The van der Waals surface area contributed by atoms with Gasteiger partial charge in [0.05, 0.1) is 17.2 Å². The highest BCUT2D eigenvalue weighted by Gasteiger charge is 2.29. The SMILES string of the molecule is N#Cc1ccc(COc2ccc(C(F)(F)F)cc2)c(Cl)c1. The number of halogens is 4. The minimum atomic E-state index is -4.37. The van der Waals surface area contributed by atoms with Crippen LogP contribution in [0.3, 0.4) is 0 Å². The second-order valence-corrected chi connectivity index (χ2v) is 4.64. The van der Waals surface area contributed by atoms with E-state index in [-0.39, 0.29) is 6.61 Å². The van der Waals surface area contributed by atoms with Gasteiger partial charge in [0, 0.05) is 10.6 Å². The Morgan fingerprint density at radius 1 is 1.10 bits per heavy atom. The van der Waals surface area contributed by atoms with Crippen molar-refractivity contribution in [1.82, 2.24) is 0 Å². The van der Waals surface area contributed by atoms with Crippen molar-refractivity contribution in [2.24, 2.45) is 0 Å². The Morgan fingerprint density at radius 2 is 1.76 bits per heavy atom. The van der Waals surface area contributed by atoms with E-state index in [0.717, 1.165) is 12.1 Å². The van der Waals surface area contributed by atoms with E-state index in [1.54, 1.807) is 12.1 Å². The van der Waals surface area contributed by atoms with E-state index in [0.29, 0.717) is 21.9 Å². The van der Waals surface area contributed by atoms with Crippen molar-refractivity contribution in [2.75, 3.05) is 0 Å². The van der Waals surface area contributed by atoms with Crippen molar-refractivity contribution in [2.45, 2.75) is 12.8 Å². The Labute approximate surface area is 124 Å². The number of ether oxygens (including phenoxy) is 1. The molecule has 6 heteroatoms. The minimum Gasteiger partial charge on any atom is -0.489 e. The first-order valence-corrected chi connectivity index (χ1v) is 6.26. The van der Waals surface area contributed by atoms with Crippen LogP contribution in [0, 0.1) is 11.3 Å². The highest BCUT2D eigenvalue weighted by molar-refractivity contribution is 6.31. The zero-order chi connectivity index (χ0) is 15.5. The smallest absolute Gasteiger partial charge is 0.416 e. The molecule has 0 radical (unpaired) electrons. The number of alkyl halides is 3. The van der Waals surface area contributed by atoms with E-state index in [9.17, 15) is 13.2 Å². The highest BCUT2D eigenvalue weighted by Crippen LogP contribution is 2.30. The van der Waals surface area contributed by atoms with Gasteiger partial charge in [-0.05, 0) is 36.4 Å². The first-order valence-electron chi connectivity index (χ1n) is 5.89. The van der Waals surface area contributed by atoms with Crippen molar-refractivity contribution < 1.29 is 17.9 Å². The molecule has 0 spiro atoms. The second-order valence-electron chi connectivity index (χ2n) is 4.23. The van der Waals surface area contributed by atoms with Gasteiger partial charge in [-0.1, -0.05) is 17.7 Å². The van der Waals surface area contributed by atoms with E-state index in [1.807, 2.05) is 6.07 Å². The van der Waals surface area contributed by atoms with Crippen LogP contribution in [0.4, 0.5) is 13.2 Å². The lowest BCUT2D eigenvalue weighted by Gasteiger charge is -2.10. The minimum absolute atomic E-state index is 0.107. The molecular weight excluding hydrogens is 303 g/mol. The van der Waals surface area contributed by atoms with Gasteiger partial charge in [-0.2, -0.15) is 18.4 Å². The van der Waals surface area contributed by atoms with E-state index in [4.69, 9.17) is 21.6 Å². The molecule has 0 fully saturated rings. The zero-order valence-corrected chi connectivity index (χ0v) is 11.4. The van der Waals surface area contributed by atoms with Crippen LogP contribution in [0.1, 0.15) is 16.7 Å². The monoisotopic (exact) mass is 311 g/mol. The van der Waals surface area contributed by atoms with E-state index >= 15 is 0 Å². The first kappa shape index (κ1) is 15.2. The summed E-state index contributed by atoms with van der Waals surface area (Å²) in [7, 11) is 0. The van der Waals surface area contributed by atoms with Crippen molar-refractivity contribution in [1.29, 1.82) is 5.26 Å². The molecule has 0 aromatic heterocycles. The molecule has 21 heavy (non-hydrogen) atoms. The van der Waals surface area contributed by atoms with Gasteiger partial charge in [-0.25, -0.2) is 0 Å². The van der Waals surface area contributed by atoms with Crippen molar-refractivity contribution in [3.63, 3.8) is 0 Å². The lowest BCUT2D eigenvalue weighted by molar-refractivity contribution is -0.137. The van der Waals surface area contributed by atoms with Crippen LogP contribution < -0.4 is 4.74 Å². The topological polar surface area (TPSA) is 33.0 Å². The maximum Gasteiger partial charge on any atom is 0.416 e. The standard InChI is InChI=1S/C15H9ClF3NO/c16-14-7-10(8-20)1-2-11(14)9-21-13-5-3-12(4-6-13)15(17,18)19/h1-7H,9H2. The number of nitrogens with zero attached hydrogens (tertiary/aromatic N) is 1. The predicted molar refractivity (Wildman–Crippen MR) is 71.9 cm³/mol. The number of hydrogen-bond donors (Lipinski definition) is 0. The van der Waals surface area contributed by atoms with Crippen LogP contribution in [0.25, 0.3) is 0 Å². The molecule has 0 atom stereocenters. The summed E-state index contributed by atoms with van der Waals surface area (Å²) in [6.07, 6.45) is -4.37. The summed E-state index contributed by atoms with van der Waals surface area (Å²) in [5.41, 5.74) is 0.347. The Kier molecular flexibility index (Phi) is 4.39. The molecule has 0 heterocycles. The molecule has 0 aliphatic carbocycles. The fourth-order valence-corrected chi connectivity index (χ4v) is 1.87. The molecule has 108 valence electrons. The lowest BCUT2D eigenvalue weighted by atomic mass is 10.1. The van der Waals surface area contributed by atoms with Gasteiger partial charge < -0.3 is 4.74 Å². The fourth-order valence-electron chi connectivity index (χ4n) is 1.64. The molecule has 2 nitrogen and oxygen atoms in total. The summed E-state index contributed by atoms with van der Waals surface area (Å²) in [5, 5.41) is 9.10. The summed E-state index contributed by atoms with van der Waals surface area (Å²) in [6, 6.07) is 11.1. The molecule has 0 bridgehead atoms. The Morgan fingerprint density at radius 3 is 2.29 bits per heavy atom. The molecule has 0 unspecified atom stereocenters. The first-order chi connectivity index (χ1) is 9.90. The lowest BCUT2D eigenvalue weighted by Crippen LogP contribution is -2.04.